The van der Waals surface area contributed by atoms with Gasteiger partial charge in [-0.25, -0.2) is 0 Å². The largest absolute Gasteiger partial charge is 0.447 e. The SMILES string of the molecule is CC(C)(C)NCc1coc(OC2CCCCCC2)n1. The third kappa shape index (κ3) is 5.23. The van der Waals surface area contributed by atoms with Gasteiger partial charge in [0.25, 0.3) is 0 Å². The van der Waals surface area contributed by atoms with Crippen molar-refractivity contribution in [2.24, 2.45) is 0 Å². The Bertz CT molecular complexity index is 374. The van der Waals surface area contributed by atoms with Gasteiger partial charge in [0.05, 0.1) is 5.69 Å². The molecule has 1 aromatic rings. The molecule has 1 saturated carbocycles. The molecule has 1 fully saturated rings. The fourth-order valence-corrected chi connectivity index (χ4v) is 2.28. The van der Waals surface area contributed by atoms with Gasteiger partial charge in [-0.2, -0.15) is 4.98 Å². The molecule has 2 rings (SSSR count). The van der Waals surface area contributed by atoms with Gasteiger partial charge in [-0.15, -0.1) is 0 Å². The van der Waals surface area contributed by atoms with Crippen LogP contribution >= 0.6 is 0 Å². The normalized spacial score (nSPS) is 18.3. The van der Waals surface area contributed by atoms with Crippen LogP contribution in [0.2, 0.25) is 0 Å². The Morgan fingerprint density at radius 3 is 2.58 bits per heavy atom. The maximum atomic E-state index is 5.84. The minimum Gasteiger partial charge on any atom is -0.447 e. The lowest BCUT2D eigenvalue weighted by molar-refractivity contribution is 0.133. The van der Waals surface area contributed by atoms with Crippen LogP contribution in [0.3, 0.4) is 0 Å². The predicted octanol–water partition coefficient (Wildman–Crippen LogP) is 3.66. The van der Waals surface area contributed by atoms with Crippen molar-refractivity contribution in [2.45, 2.75) is 77.5 Å². The van der Waals surface area contributed by atoms with Crippen LogP contribution in [0.4, 0.5) is 0 Å². The summed E-state index contributed by atoms with van der Waals surface area (Å²) >= 11 is 0. The van der Waals surface area contributed by atoms with E-state index in [1.54, 1.807) is 6.26 Å². The summed E-state index contributed by atoms with van der Waals surface area (Å²) in [5.74, 6) is 0. The average Bonchev–Trinajstić information content (AvgIpc) is 2.61. The van der Waals surface area contributed by atoms with Gasteiger partial charge in [0.15, 0.2) is 0 Å². The van der Waals surface area contributed by atoms with Gasteiger partial charge in [-0.05, 0) is 46.5 Å². The highest BCUT2D eigenvalue weighted by atomic mass is 16.6. The number of nitrogens with one attached hydrogen (secondary N) is 1. The topological polar surface area (TPSA) is 47.3 Å². The molecule has 1 aliphatic carbocycles. The molecule has 4 heteroatoms. The fourth-order valence-electron chi connectivity index (χ4n) is 2.28. The number of ether oxygens (including phenoxy) is 1. The number of oxazole rings is 1. The number of nitrogens with zero attached hydrogens (tertiary/aromatic N) is 1. The zero-order valence-corrected chi connectivity index (χ0v) is 12.4. The zero-order chi connectivity index (χ0) is 13.7. The van der Waals surface area contributed by atoms with E-state index in [1.165, 1.54) is 25.7 Å². The summed E-state index contributed by atoms with van der Waals surface area (Å²) < 4.78 is 11.2. The summed E-state index contributed by atoms with van der Waals surface area (Å²) in [4.78, 5) is 4.39. The first-order chi connectivity index (χ1) is 9.03. The van der Waals surface area contributed by atoms with Crippen molar-refractivity contribution >= 4 is 0 Å². The predicted molar refractivity (Wildman–Crippen MR) is 75.2 cm³/mol. The Hall–Kier alpha value is -1.03. The van der Waals surface area contributed by atoms with Crippen LogP contribution < -0.4 is 10.1 Å². The highest BCUT2D eigenvalue weighted by Gasteiger charge is 2.17. The maximum absolute atomic E-state index is 5.84. The van der Waals surface area contributed by atoms with Crippen LogP contribution in [-0.2, 0) is 6.54 Å². The molecule has 19 heavy (non-hydrogen) atoms. The summed E-state index contributed by atoms with van der Waals surface area (Å²) in [7, 11) is 0. The quantitative estimate of drug-likeness (QED) is 0.845. The van der Waals surface area contributed by atoms with E-state index < -0.39 is 0 Å². The highest BCUT2D eigenvalue weighted by molar-refractivity contribution is 5.00. The Morgan fingerprint density at radius 1 is 1.26 bits per heavy atom. The summed E-state index contributed by atoms with van der Waals surface area (Å²) in [5, 5.41) is 3.39. The third-order valence-electron chi connectivity index (χ3n) is 3.40. The van der Waals surface area contributed by atoms with Crippen molar-refractivity contribution in [1.29, 1.82) is 0 Å². The maximum Gasteiger partial charge on any atom is 0.394 e. The lowest BCUT2D eigenvalue weighted by Crippen LogP contribution is -2.35. The Morgan fingerprint density at radius 2 is 1.95 bits per heavy atom. The summed E-state index contributed by atoms with van der Waals surface area (Å²) in [6, 6.07) is 0. The van der Waals surface area contributed by atoms with Gasteiger partial charge < -0.3 is 14.5 Å². The van der Waals surface area contributed by atoms with Gasteiger partial charge >= 0.3 is 6.08 Å². The first-order valence-electron chi connectivity index (χ1n) is 7.39. The Balaban J connectivity index is 1.82. The molecule has 1 heterocycles. The van der Waals surface area contributed by atoms with Crippen molar-refractivity contribution in [1.82, 2.24) is 10.3 Å². The van der Waals surface area contributed by atoms with Crippen molar-refractivity contribution < 1.29 is 9.15 Å². The van der Waals surface area contributed by atoms with Crippen LogP contribution in [0, 0.1) is 0 Å². The molecular weight excluding hydrogens is 240 g/mol. The zero-order valence-electron chi connectivity index (χ0n) is 12.4. The molecule has 0 bridgehead atoms. The molecule has 1 aliphatic rings. The van der Waals surface area contributed by atoms with Crippen LogP contribution in [-0.4, -0.2) is 16.6 Å². The standard InChI is InChI=1S/C15H26N2O2/c1-15(2,3)16-10-12-11-18-14(17-12)19-13-8-6-4-5-7-9-13/h11,13,16H,4-10H2,1-3H3. The van der Waals surface area contributed by atoms with E-state index in [1.807, 2.05) is 0 Å². The number of rotatable bonds is 4. The molecule has 0 aliphatic heterocycles. The van der Waals surface area contributed by atoms with Crippen molar-refractivity contribution in [3.05, 3.63) is 12.0 Å². The van der Waals surface area contributed by atoms with E-state index in [-0.39, 0.29) is 11.6 Å². The summed E-state index contributed by atoms with van der Waals surface area (Å²) in [6.07, 6.45) is 9.80. The molecule has 4 nitrogen and oxygen atoms in total. The van der Waals surface area contributed by atoms with Crippen LogP contribution in [0.25, 0.3) is 0 Å². The van der Waals surface area contributed by atoms with Gasteiger partial charge in [-0.3, -0.25) is 0 Å². The molecule has 0 saturated heterocycles. The smallest absolute Gasteiger partial charge is 0.394 e. The van der Waals surface area contributed by atoms with E-state index in [0.29, 0.717) is 12.6 Å². The lowest BCUT2D eigenvalue weighted by Gasteiger charge is -2.19. The second kappa shape index (κ2) is 6.42. The van der Waals surface area contributed by atoms with E-state index in [0.717, 1.165) is 18.5 Å². The molecule has 0 atom stereocenters. The van der Waals surface area contributed by atoms with Crippen LogP contribution in [0.1, 0.15) is 65.0 Å². The molecule has 1 aromatic heterocycles. The fraction of sp³-hybridized carbons (Fsp3) is 0.800. The van der Waals surface area contributed by atoms with Crippen molar-refractivity contribution in [2.75, 3.05) is 0 Å². The Labute approximate surface area is 115 Å². The van der Waals surface area contributed by atoms with Crippen LogP contribution in [0.15, 0.2) is 10.7 Å². The van der Waals surface area contributed by atoms with Gasteiger partial charge in [0.1, 0.15) is 12.4 Å². The van der Waals surface area contributed by atoms with E-state index in [9.17, 15) is 0 Å². The van der Waals surface area contributed by atoms with Gasteiger partial charge in [0, 0.05) is 12.1 Å². The second-order valence-corrected chi connectivity index (χ2v) is 6.44. The average molecular weight is 266 g/mol. The monoisotopic (exact) mass is 266 g/mol. The molecule has 0 unspecified atom stereocenters. The highest BCUT2D eigenvalue weighted by Crippen LogP contribution is 2.22. The molecule has 0 radical (unpaired) electrons. The minimum absolute atomic E-state index is 0.0846. The Kier molecular flexibility index (Phi) is 4.86. The van der Waals surface area contributed by atoms with E-state index in [2.05, 4.69) is 31.1 Å². The number of aromatic nitrogens is 1. The molecule has 0 spiro atoms. The first-order valence-corrected chi connectivity index (χ1v) is 7.39. The molecule has 1 N–H and O–H groups in total. The molecular formula is C15H26N2O2. The van der Waals surface area contributed by atoms with Crippen molar-refractivity contribution in [3.8, 4) is 6.08 Å². The minimum atomic E-state index is 0.0846. The van der Waals surface area contributed by atoms with Crippen LogP contribution in [0.5, 0.6) is 6.08 Å². The van der Waals surface area contributed by atoms with Crippen molar-refractivity contribution in [3.63, 3.8) is 0 Å². The number of hydrogen-bond donors (Lipinski definition) is 1. The van der Waals surface area contributed by atoms with E-state index >= 15 is 0 Å². The van der Waals surface area contributed by atoms with Gasteiger partial charge in [0.2, 0.25) is 0 Å². The van der Waals surface area contributed by atoms with Gasteiger partial charge in [-0.1, -0.05) is 12.8 Å². The molecule has 0 aromatic carbocycles. The summed E-state index contributed by atoms with van der Waals surface area (Å²) in [6.45, 7) is 7.11. The third-order valence-corrected chi connectivity index (χ3v) is 3.40. The second-order valence-electron chi connectivity index (χ2n) is 6.44. The first kappa shape index (κ1) is 14.4. The lowest BCUT2D eigenvalue weighted by atomic mass is 10.1. The molecule has 108 valence electrons. The molecule has 0 amide bonds. The number of hydrogen-bond acceptors (Lipinski definition) is 4. The summed E-state index contributed by atoms with van der Waals surface area (Å²) in [5.41, 5.74) is 0.986. The van der Waals surface area contributed by atoms with E-state index in [4.69, 9.17) is 9.15 Å².